The highest BCUT2D eigenvalue weighted by molar-refractivity contribution is 7.99. The average Bonchev–Trinajstić information content (AvgIpc) is 3.58. The molecule has 3 aromatic carbocycles. The summed E-state index contributed by atoms with van der Waals surface area (Å²) in [4.78, 5) is 30.4. The van der Waals surface area contributed by atoms with E-state index in [1.165, 1.54) is 0 Å². The van der Waals surface area contributed by atoms with Crippen LogP contribution in [0.1, 0.15) is 22.6 Å². The molecule has 2 fully saturated rings. The quantitative estimate of drug-likeness (QED) is 0.453. The van der Waals surface area contributed by atoms with Gasteiger partial charge in [-0.15, -0.1) is 11.8 Å². The van der Waals surface area contributed by atoms with Crippen molar-refractivity contribution in [3.63, 3.8) is 0 Å². The molecule has 0 aromatic heterocycles. The van der Waals surface area contributed by atoms with E-state index in [9.17, 15) is 9.59 Å². The molecule has 3 aromatic rings. The van der Waals surface area contributed by atoms with Crippen LogP contribution in [-0.4, -0.2) is 41.6 Å². The summed E-state index contributed by atoms with van der Waals surface area (Å²) in [6.07, 6.45) is 0. The zero-order valence-corrected chi connectivity index (χ0v) is 19.3. The monoisotopic (exact) mass is 470 g/mol. The van der Waals surface area contributed by atoms with Gasteiger partial charge in [-0.05, 0) is 29.8 Å². The number of amides is 1. The number of nitrogens with one attached hydrogen (secondary N) is 1. The van der Waals surface area contributed by atoms with Crippen molar-refractivity contribution in [2.45, 2.75) is 22.9 Å². The number of esters is 1. The second-order valence-electron chi connectivity index (χ2n) is 9.21. The van der Waals surface area contributed by atoms with E-state index in [1.807, 2.05) is 72.8 Å². The number of fused-ring (bicyclic) bond motifs is 7. The zero-order valence-electron chi connectivity index (χ0n) is 18.5. The number of benzene rings is 3. The summed E-state index contributed by atoms with van der Waals surface area (Å²) in [5.74, 6) is 1.88. The number of hydrogen-bond donors (Lipinski definition) is 1. The lowest BCUT2D eigenvalue weighted by Crippen LogP contribution is -2.50. The molecule has 1 amide bonds. The molecule has 0 bridgehead atoms. The number of thioether (sulfide) groups is 1. The van der Waals surface area contributed by atoms with Crippen LogP contribution in [0, 0.1) is 0 Å². The SMILES string of the molecule is COc1ccc([C@H]2[C@]3(C(=O)Oc4ccccc43)[C@@H]3CSCN3[C@@]23C(=O)Nc2ccccc23)cc1. The van der Waals surface area contributed by atoms with E-state index >= 15 is 0 Å². The molecular weight excluding hydrogens is 448 g/mol. The van der Waals surface area contributed by atoms with Crippen LogP contribution in [0.5, 0.6) is 11.5 Å². The van der Waals surface area contributed by atoms with Gasteiger partial charge < -0.3 is 14.8 Å². The summed E-state index contributed by atoms with van der Waals surface area (Å²) >= 11 is 1.76. The Morgan fingerprint density at radius 2 is 1.74 bits per heavy atom. The Kier molecular flexibility index (Phi) is 4.06. The lowest BCUT2D eigenvalue weighted by Gasteiger charge is -2.39. The van der Waals surface area contributed by atoms with Crippen molar-refractivity contribution in [1.82, 2.24) is 4.90 Å². The highest BCUT2D eigenvalue weighted by Crippen LogP contribution is 2.69. The summed E-state index contributed by atoms with van der Waals surface area (Å²) in [5, 5.41) is 3.14. The Bertz CT molecular complexity index is 1280. The summed E-state index contributed by atoms with van der Waals surface area (Å²) in [6, 6.07) is 23.2. The fourth-order valence-corrected chi connectivity index (χ4v) is 8.12. The second kappa shape index (κ2) is 6.87. The molecule has 4 heterocycles. The molecule has 4 aliphatic heterocycles. The summed E-state index contributed by atoms with van der Waals surface area (Å²) < 4.78 is 11.4. The van der Waals surface area contributed by atoms with E-state index in [0.717, 1.165) is 33.9 Å². The maximum atomic E-state index is 14.1. The fraction of sp³-hybridized carbons (Fsp3) is 0.259. The standard InChI is InChI=1S/C27H22N2O4S/c1-32-17-12-10-16(11-13-17)23-26(19-7-3-5-9-21(19)33-25(26)31)22-14-34-15-29(22)27(23)18-6-2-4-8-20(18)28-24(27)30/h2-13,22-23H,14-15H2,1H3,(H,28,30)/t22-,23-,26+,27+/m0/s1. The van der Waals surface area contributed by atoms with Crippen molar-refractivity contribution >= 4 is 29.3 Å². The molecule has 0 radical (unpaired) electrons. The van der Waals surface area contributed by atoms with Crippen molar-refractivity contribution < 1.29 is 19.1 Å². The molecule has 170 valence electrons. The number of carbonyl (C=O) groups is 2. The molecule has 0 unspecified atom stereocenters. The predicted octanol–water partition coefficient (Wildman–Crippen LogP) is 3.87. The number of ether oxygens (including phenoxy) is 2. The number of para-hydroxylation sites is 2. The van der Waals surface area contributed by atoms with Crippen LogP contribution in [0.25, 0.3) is 0 Å². The molecular formula is C27H22N2O4S. The smallest absolute Gasteiger partial charge is 0.324 e. The molecule has 4 atom stereocenters. The largest absolute Gasteiger partial charge is 0.497 e. The Balaban J connectivity index is 1.60. The maximum absolute atomic E-state index is 14.1. The Morgan fingerprint density at radius 3 is 2.53 bits per heavy atom. The molecule has 6 nitrogen and oxygen atoms in total. The maximum Gasteiger partial charge on any atom is 0.324 e. The molecule has 1 N–H and O–H groups in total. The summed E-state index contributed by atoms with van der Waals surface area (Å²) in [6.45, 7) is 0. The van der Waals surface area contributed by atoms with E-state index in [1.54, 1.807) is 18.9 Å². The van der Waals surface area contributed by atoms with Gasteiger partial charge in [-0.2, -0.15) is 0 Å². The Morgan fingerprint density at radius 1 is 1.00 bits per heavy atom. The third-order valence-electron chi connectivity index (χ3n) is 7.99. The van der Waals surface area contributed by atoms with Crippen LogP contribution in [0.2, 0.25) is 0 Å². The van der Waals surface area contributed by atoms with Gasteiger partial charge in [0.1, 0.15) is 22.5 Å². The number of anilines is 1. The van der Waals surface area contributed by atoms with Gasteiger partial charge in [0.15, 0.2) is 0 Å². The minimum Gasteiger partial charge on any atom is -0.497 e. The minimum atomic E-state index is -1.03. The van der Waals surface area contributed by atoms with Crippen LogP contribution in [0.3, 0.4) is 0 Å². The molecule has 7 heteroatoms. The molecule has 0 saturated carbocycles. The molecule has 2 saturated heterocycles. The summed E-state index contributed by atoms with van der Waals surface area (Å²) in [7, 11) is 1.63. The van der Waals surface area contributed by atoms with Crippen molar-refractivity contribution in [2.24, 2.45) is 0 Å². The zero-order chi connectivity index (χ0) is 23.1. The van der Waals surface area contributed by atoms with Gasteiger partial charge in [-0.1, -0.05) is 48.5 Å². The molecule has 7 rings (SSSR count). The van der Waals surface area contributed by atoms with Crippen molar-refractivity contribution in [3.8, 4) is 11.5 Å². The fourth-order valence-electron chi connectivity index (χ4n) is 6.77. The van der Waals surface area contributed by atoms with E-state index < -0.39 is 16.9 Å². The van der Waals surface area contributed by atoms with E-state index in [-0.39, 0.29) is 17.9 Å². The van der Waals surface area contributed by atoms with Gasteiger partial charge in [0, 0.05) is 40.4 Å². The normalized spacial score (nSPS) is 30.9. The first-order chi connectivity index (χ1) is 16.6. The number of hydrogen-bond acceptors (Lipinski definition) is 6. The van der Waals surface area contributed by atoms with Crippen LogP contribution in [-0.2, 0) is 20.5 Å². The topological polar surface area (TPSA) is 67.9 Å². The van der Waals surface area contributed by atoms with Gasteiger partial charge in [-0.25, -0.2) is 0 Å². The van der Waals surface area contributed by atoms with Gasteiger partial charge >= 0.3 is 5.97 Å². The van der Waals surface area contributed by atoms with Gasteiger partial charge in [0.2, 0.25) is 5.91 Å². The third-order valence-corrected chi connectivity index (χ3v) is 9.00. The number of rotatable bonds is 2. The minimum absolute atomic E-state index is 0.0870. The molecule has 2 spiro atoms. The number of carbonyl (C=O) groups excluding carboxylic acids is 2. The Labute approximate surface area is 201 Å². The van der Waals surface area contributed by atoms with E-state index in [4.69, 9.17) is 9.47 Å². The summed E-state index contributed by atoms with van der Waals surface area (Å²) in [5.41, 5.74) is 1.47. The van der Waals surface area contributed by atoms with Gasteiger partial charge in [-0.3, -0.25) is 14.5 Å². The van der Waals surface area contributed by atoms with Gasteiger partial charge in [0.25, 0.3) is 0 Å². The molecule has 4 aliphatic rings. The number of methoxy groups -OCH3 is 1. The van der Waals surface area contributed by atoms with Gasteiger partial charge in [0.05, 0.1) is 7.11 Å². The first-order valence-electron chi connectivity index (χ1n) is 11.3. The third kappa shape index (κ3) is 2.17. The molecule has 0 aliphatic carbocycles. The van der Waals surface area contributed by atoms with E-state index in [0.29, 0.717) is 11.6 Å². The van der Waals surface area contributed by atoms with Crippen LogP contribution in [0.15, 0.2) is 72.8 Å². The lowest BCUT2D eigenvalue weighted by atomic mass is 9.60. The van der Waals surface area contributed by atoms with Crippen LogP contribution < -0.4 is 14.8 Å². The van der Waals surface area contributed by atoms with Crippen LogP contribution in [0.4, 0.5) is 5.69 Å². The first-order valence-corrected chi connectivity index (χ1v) is 12.5. The number of nitrogens with zero attached hydrogens (tertiary/aromatic N) is 1. The Hall–Kier alpha value is -3.29. The second-order valence-corrected chi connectivity index (χ2v) is 10.2. The van der Waals surface area contributed by atoms with Crippen LogP contribution >= 0.6 is 11.8 Å². The van der Waals surface area contributed by atoms with E-state index in [2.05, 4.69) is 10.2 Å². The van der Waals surface area contributed by atoms with Crippen molar-refractivity contribution in [3.05, 3.63) is 89.5 Å². The highest BCUT2D eigenvalue weighted by atomic mass is 32.2. The predicted molar refractivity (Wildman–Crippen MR) is 129 cm³/mol. The molecule has 34 heavy (non-hydrogen) atoms. The van der Waals surface area contributed by atoms with Crippen molar-refractivity contribution in [1.29, 1.82) is 0 Å². The first kappa shape index (κ1) is 20.1. The lowest BCUT2D eigenvalue weighted by molar-refractivity contribution is -0.139. The van der Waals surface area contributed by atoms with Crippen molar-refractivity contribution in [2.75, 3.05) is 24.1 Å². The highest BCUT2D eigenvalue weighted by Gasteiger charge is 2.78. The average molecular weight is 471 g/mol.